The number of carbonyl (C=O) groups is 6. The van der Waals surface area contributed by atoms with Crippen LogP contribution in [-0.4, -0.2) is 143 Å². The molecule has 0 amide bonds. The summed E-state index contributed by atoms with van der Waals surface area (Å²) in [6, 6.07) is 35.4. The van der Waals surface area contributed by atoms with Crippen molar-refractivity contribution in [1.82, 2.24) is 0 Å². The molecule has 5 aromatic rings. The third kappa shape index (κ3) is 16.9. The van der Waals surface area contributed by atoms with Crippen molar-refractivity contribution >= 4 is 35.8 Å². The number of fused-ring (bicyclic) bond motifs is 1. The summed E-state index contributed by atoms with van der Waals surface area (Å²) in [6.07, 6.45) is -0.946. The van der Waals surface area contributed by atoms with Crippen LogP contribution in [0.3, 0.4) is 0 Å². The van der Waals surface area contributed by atoms with Crippen LogP contribution in [0.25, 0.3) is 0 Å². The van der Waals surface area contributed by atoms with Gasteiger partial charge in [0.25, 0.3) is 0 Å². The maximum atomic E-state index is 14.0. The minimum Gasteiger partial charge on any atom is -0.481 e. The standard InChI is InChI=1S/C14H17FO2.2C13H18FNO2.2C12H12O6/c1-2-13-11-7-16-8-14(11,9-17-13)10-5-3-4-6-12(10)15;2*1-2-12-10(7-16)13(15,8-17-12)9-5-3-4-6-11(9)14;2*1-7(10(13)14)9(11(15)16)18-12(17)8-5-3-2-4-6-8/h3-6,11,13H,2,7-9H2,1H3;2*3-6,10,12,16H,2,7-8,15H2,1H3;2*2-7,9H,1H3,(H,13,14)(H,15,16)/t11-,13-,14+;2*10-,12-,13-;2*7-,9-/m11111/s1. The number of ether oxygens (including phenoxy) is 6. The molecule has 4 saturated heterocycles. The van der Waals surface area contributed by atoms with Crippen molar-refractivity contribution < 1.29 is 101 Å². The molecule has 0 radical (unpaired) electrons. The zero-order chi connectivity index (χ0) is 64.2. The number of carboxylic acids is 4. The molecule has 0 unspecified atom stereocenters. The first kappa shape index (κ1) is 70.2. The lowest BCUT2D eigenvalue weighted by atomic mass is 9.72. The molecule has 0 aliphatic carbocycles. The fourth-order valence-corrected chi connectivity index (χ4v) is 10.9. The quantitative estimate of drug-likeness (QED) is 0.0397. The first-order chi connectivity index (χ1) is 41.4. The lowest BCUT2D eigenvalue weighted by Crippen LogP contribution is -2.47. The summed E-state index contributed by atoms with van der Waals surface area (Å²) in [5, 5.41) is 54.1. The summed E-state index contributed by atoms with van der Waals surface area (Å²) >= 11 is 0. The number of esters is 2. The van der Waals surface area contributed by atoms with Gasteiger partial charge in [0.05, 0.1) is 92.2 Å². The van der Waals surface area contributed by atoms with Gasteiger partial charge in [-0.05, 0) is 81.1 Å². The number of halogens is 3. The first-order valence-electron chi connectivity index (χ1n) is 28.3. The number of hydrogen-bond donors (Lipinski definition) is 8. The Balaban J connectivity index is 0.000000198. The van der Waals surface area contributed by atoms with Crippen LogP contribution in [0.15, 0.2) is 133 Å². The molecular formula is C64H77F3N2O18. The summed E-state index contributed by atoms with van der Waals surface area (Å²) in [7, 11) is 0. The molecule has 23 heteroatoms. The lowest BCUT2D eigenvalue weighted by molar-refractivity contribution is -0.158. The molecule has 13 atom stereocenters. The molecule has 4 aliphatic rings. The molecular weight excluding hydrogens is 1140 g/mol. The average Bonchev–Trinajstić information content (AvgIpc) is 2.02. The Hall–Kier alpha value is -7.61. The second kappa shape index (κ2) is 32.4. The predicted molar refractivity (Wildman–Crippen MR) is 308 cm³/mol. The second-order valence-corrected chi connectivity index (χ2v) is 21.5. The van der Waals surface area contributed by atoms with Gasteiger partial charge >= 0.3 is 35.8 Å². The predicted octanol–water partition coefficient (Wildman–Crippen LogP) is 7.35. The van der Waals surface area contributed by atoms with E-state index in [1.54, 1.807) is 78.9 Å². The number of nitrogens with two attached hydrogens (primary N) is 2. The van der Waals surface area contributed by atoms with E-state index in [2.05, 4.69) is 6.92 Å². The van der Waals surface area contributed by atoms with Gasteiger partial charge < -0.3 is 70.5 Å². The van der Waals surface area contributed by atoms with Gasteiger partial charge in [-0.3, -0.25) is 9.59 Å². The van der Waals surface area contributed by atoms with E-state index in [0.29, 0.717) is 36.9 Å². The zero-order valence-electron chi connectivity index (χ0n) is 48.9. The molecule has 0 saturated carbocycles. The number of aliphatic carboxylic acids is 4. The summed E-state index contributed by atoms with van der Waals surface area (Å²) in [6.45, 7) is 10.5. The monoisotopic (exact) mass is 1220 g/mol. The number of carboxylic acid groups (broad SMARTS) is 4. The fourth-order valence-electron chi connectivity index (χ4n) is 10.9. The summed E-state index contributed by atoms with van der Waals surface area (Å²) < 4.78 is 73.6. The van der Waals surface area contributed by atoms with E-state index in [1.807, 2.05) is 26.0 Å². The highest BCUT2D eigenvalue weighted by molar-refractivity contribution is 5.93. The molecule has 0 spiro atoms. The highest BCUT2D eigenvalue weighted by Crippen LogP contribution is 2.47. The number of carbonyl (C=O) groups excluding carboxylic acids is 2. The van der Waals surface area contributed by atoms with Gasteiger partial charge in [-0.1, -0.05) is 112 Å². The van der Waals surface area contributed by atoms with Crippen LogP contribution in [0.4, 0.5) is 13.2 Å². The van der Waals surface area contributed by atoms with Crippen LogP contribution in [0, 0.1) is 47.0 Å². The molecule has 20 nitrogen and oxygen atoms in total. The molecule has 472 valence electrons. The molecule has 9 rings (SSSR count). The summed E-state index contributed by atoms with van der Waals surface area (Å²) in [5.74, 6) is -11.1. The van der Waals surface area contributed by atoms with E-state index in [1.165, 1.54) is 56.3 Å². The zero-order valence-corrected chi connectivity index (χ0v) is 48.9. The molecule has 5 aromatic carbocycles. The Bertz CT molecular complexity index is 2900. The van der Waals surface area contributed by atoms with Crippen molar-refractivity contribution in [2.45, 2.75) is 101 Å². The lowest BCUT2D eigenvalue weighted by Gasteiger charge is -2.30. The first-order valence-corrected chi connectivity index (χ1v) is 28.3. The average molecular weight is 1220 g/mol. The van der Waals surface area contributed by atoms with Crippen LogP contribution >= 0.6 is 0 Å². The fraction of sp³-hybridized carbons (Fsp3) is 0.438. The molecule has 0 bridgehead atoms. The Labute approximate surface area is 502 Å². The number of benzene rings is 5. The minimum atomic E-state index is -1.71. The van der Waals surface area contributed by atoms with E-state index in [9.17, 15) is 52.2 Å². The van der Waals surface area contributed by atoms with Gasteiger partial charge in [0, 0.05) is 28.9 Å². The van der Waals surface area contributed by atoms with Crippen molar-refractivity contribution in [3.8, 4) is 0 Å². The van der Waals surface area contributed by atoms with Crippen molar-refractivity contribution in [3.05, 3.63) is 179 Å². The Kier molecular flexibility index (Phi) is 26.1. The van der Waals surface area contributed by atoms with E-state index in [-0.39, 0.29) is 90.6 Å². The van der Waals surface area contributed by atoms with E-state index in [0.717, 1.165) is 24.8 Å². The molecule has 87 heavy (non-hydrogen) atoms. The molecule has 4 heterocycles. The van der Waals surface area contributed by atoms with Crippen LogP contribution in [0.1, 0.15) is 91.3 Å². The van der Waals surface area contributed by atoms with E-state index < -0.39 is 70.9 Å². The SMILES string of the molecule is CC[C@H]1OC[C@@](N)(c2ccccc2F)[C@@H]1CO.CC[C@H]1OC[C@@](N)(c2ccccc2F)[C@@H]1CO.CC[C@H]1OC[C@]2(c3ccccc3F)COC[C@H]12.C[C@@H](C(=O)O)[C@@H](OC(=O)c1ccccc1)C(=O)O.C[C@@H](C(=O)O)[C@@H](OC(=O)c1ccccc1)C(=O)O. The summed E-state index contributed by atoms with van der Waals surface area (Å²) in [4.78, 5) is 66.4. The van der Waals surface area contributed by atoms with Crippen molar-refractivity contribution in [2.75, 3.05) is 46.2 Å². The van der Waals surface area contributed by atoms with E-state index in [4.69, 9.17) is 60.3 Å². The largest absolute Gasteiger partial charge is 0.481 e. The normalized spacial score (nSPS) is 25.5. The van der Waals surface area contributed by atoms with Crippen molar-refractivity contribution in [1.29, 1.82) is 0 Å². The Morgan fingerprint density at radius 2 is 0.828 bits per heavy atom. The third-order valence-electron chi connectivity index (χ3n) is 16.1. The van der Waals surface area contributed by atoms with Crippen molar-refractivity contribution in [2.24, 2.45) is 41.1 Å². The van der Waals surface area contributed by atoms with Gasteiger partial charge in [0.1, 0.15) is 29.3 Å². The van der Waals surface area contributed by atoms with Gasteiger partial charge in [0.15, 0.2) is 0 Å². The Morgan fingerprint density at radius 3 is 1.15 bits per heavy atom. The number of aliphatic hydroxyl groups excluding tert-OH is 2. The van der Waals surface area contributed by atoms with Gasteiger partial charge in [-0.25, -0.2) is 32.3 Å². The van der Waals surface area contributed by atoms with Crippen molar-refractivity contribution in [3.63, 3.8) is 0 Å². The highest BCUT2D eigenvalue weighted by Gasteiger charge is 2.55. The van der Waals surface area contributed by atoms with Crippen LogP contribution in [0.2, 0.25) is 0 Å². The van der Waals surface area contributed by atoms with Crippen LogP contribution in [0.5, 0.6) is 0 Å². The Morgan fingerprint density at radius 1 is 0.494 bits per heavy atom. The van der Waals surface area contributed by atoms with Gasteiger partial charge in [-0.2, -0.15) is 0 Å². The third-order valence-corrected chi connectivity index (χ3v) is 16.1. The second-order valence-electron chi connectivity index (χ2n) is 21.5. The maximum Gasteiger partial charge on any atom is 0.345 e. The number of aliphatic hydroxyl groups is 2. The number of hydrogen-bond acceptors (Lipinski definition) is 16. The van der Waals surface area contributed by atoms with Gasteiger partial charge in [-0.15, -0.1) is 0 Å². The molecule has 4 aliphatic heterocycles. The summed E-state index contributed by atoms with van der Waals surface area (Å²) in [5.41, 5.74) is 12.4. The minimum absolute atomic E-state index is 0.0939. The topological polar surface area (TPSA) is 331 Å². The molecule has 10 N–H and O–H groups in total. The van der Waals surface area contributed by atoms with Crippen LogP contribution < -0.4 is 11.5 Å². The molecule has 4 fully saturated rings. The van der Waals surface area contributed by atoms with Crippen LogP contribution in [-0.2, 0) is 64.1 Å². The maximum absolute atomic E-state index is 14.0. The highest BCUT2D eigenvalue weighted by atomic mass is 19.1. The van der Waals surface area contributed by atoms with E-state index >= 15 is 0 Å². The van der Waals surface area contributed by atoms with Gasteiger partial charge in [0.2, 0.25) is 12.2 Å². The molecule has 0 aromatic heterocycles. The smallest absolute Gasteiger partial charge is 0.345 e. The number of rotatable bonds is 18.